The Balaban J connectivity index is 4.24. The van der Waals surface area contributed by atoms with Gasteiger partial charge in [-0.25, -0.2) is 0 Å². The first-order valence-corrected chi connectivity index (χ1v) is 6.40. The van der Waals surface area contributed by atoms with Crippen LogP contribution in [0.2, 0.25) is 0 Å². The van der Waals surface area contributed by atoms with Gasteiger partial charge in [0.15, 0.2) is 0 Å². The van der Waals surface area contributed by atoms with Crippen molar-refractivity contribution in [3.05, 3.63) is 25.3 Å². The minimum atomic E-state index is -0.688. The van der Waals surface area contributed by atoms with Gasteiger partial charge in [0.1, 0.15) is 6.79 Å². The Morgan fingerprint density at radius 3 is 2.37 bits per heavy atom. The molecule has 5 heteroatoms. The Morgan fingerprint density at radius 1 is 1.16 bits per heavy atom. The zero-order chi connectivity index (χ0) is 14.5. The molecule has 0 bridgehead atoms. The van der Waals surface area contributed by atoms with Crippen molar-refractivity contribution in [2.45, 2.75) is 25.0 Å². The topological polar surface area (TPSA) is 68.2 Å². The SMILES string of the molecule is C=CC[C@@H](O)[C@@H](CO)[C@H](CC=C)OCOCCOC. The van der Waals surface area contributed by atoms with Crippen LogP contribution in [0, 0.1) is 5.92 Å². The van der Waals surface area contributed by atoms with Crippen LogP contribution in [0.3, 0.4) is 0 Å². The minimum absolute atomic E-state index is 0.0964. The van der Waals surface area contributed by atoms with Crippen molar-refractivity contribution < 1.29 is 24.4 Å². The Hall–Kier alpha value is -0.720. The second-order valence-corrected chi connectivity index (χ2v) is 4.19. The molecule has 0 aromatic heterocycles. The predicted molar refractivity (Wildman–Crippen MR) is 73.8 cm³/mol. The summed E-state index contributed by atoms with van der Waals surface area (Å²) >= 11 is 0. The number of rotatable bonds is 13. The fraction of sp³-hybridized carbons (Fsp3) is 0.714. The van der Waals surface area contributed by atoms with Crippen molar-refractivity contribution in [1.29, 1.82) is 0 Å². The maximum absolute atomic E-state index is 9.94. The molecule has 0 fully saturated rings. The molecular weight excluding hydrogens is 248 g/mol. The lowest BCUT2D eigenvalue weighted by Gasteiger charge is -2.28. The van der Waals surface area contributed by atoms with Crippen LogP contribution in [0.25, 0.3) is 0 Å². The van der Waals surface area contributed by atoms with Crippen LogP contribution in [0.15, 0.2) is 25.3 Å². The van der Waals surface area contributed by atoms with E-state index in [0.717, 1.165) is 0 Å². The van der Waals surface area contributed by atoms with E-state index in [2.05, 4.69) is 13.2 Å². The normalized spacial score (nSPS) is 15.7. The quantitative estimate of drug-likeness (QED) is 0.299. The van der Waals surface area contributed by atoms with E-state index in [9.17, 15) is 10.2 Å². The molecule has 0 spiro atoms. The molecule has 0 rings (SSSR count). The first-order chi connectivity index (χ1) is 9.21. The molecule has 3 atom stereocenters. The summed E-state index contributed by atoms with van der Waals surface area (Å²) in [6.45, 7) is 8.11. The Morgan fingerprint density at radius 2 is 1.84 bits per heavy atom. The van der Waals surface area contributed by atoms with E-state index in [0.29, 0.717) is 26.1 Å². The lowest BCUT2D eigenvalue weighted by molar-refractivity contribution is -0.132. The van der Waals surface area contributed by atoms with E-state index in [1.54, 1.807) is 19.3 Å². The second kappa shape index (κ2) is 12.3. The van der Waals surface area contributed by atoms with Crippen molar-refractivity contribution in [1.82, 2.24) is 0 Å². The first-order valence-electron chi connectivity index (χ1n) is 6.40. The van der Waals surface area contributed by atoms with Crippen LogP contribution < -0.4 is 0 Å². The largest absolute Gasteiger partial charge is 0.396 e. The van der Waals surface area contributed by atoms with Gasteiger partial charge in [-0.1, -0.05) is 12.2 Å². The van der Waals surface area contributed by atoms with Crippen LogP contribution in [-0.4, -0.2) is 56.1 Å². The van der Waals surface area contributed by atoms with Gasteiger partial charge in [-0.05, 0) is 12.8 Å². The molecule has 0 radical (unpaired) electrons. The van der Waals surface area contributed by atoms with Crippen molar-refractivity contribution in [3.63, 3.8) is 0 Å². The van der Waals surface area contributed by atoms with Gasteiger partial charge in [0.2, 0.25) is 0 Å². The molecule has 19 heavy (non-hydrogen) atoms. The van der Waals surface area contributed by atoms with Gasteiger partial charge in [-0.2, -0.15) is 0 Å². The molecule has 0 heterocycles. The number of aliphatic hydroxyl groups is 2. The summed E-state index contributed by atoms with van der Waals surface area (Å²) < 4.78 is 15.6. The lowest BCUT2D eigenvalue weighted by Crippen LogP contribution is -2.36. The highest BCUT2D eigenvalue weighted by molar-refractivity contribution is 4.86. The zero-order valence-electron chi connectivity index (χ0n) is 11.7. The van der Waals surface area contributed by atoms with Gasteiger partial charge in [-0.3, -0.25) is 0 Å². The van der Waals surface area contributed by atoms with Crippen molar-refractivity contribution in [2.75, 3.05) is 33.7 Å². The number of ether oxygens (including phenoxy) is 3. The minimum Gasteiger partial charge on any atom is -0.396 e. The Labute approximate surface area is 115 Å². The standard InChI is InChI=1S/C14H26O5/c1-4-6-13(16)12(10-15)14(7-5-2)19-11-18-9-8-17-3/h4-5,12-16H,1-2,6-11H2,3H3/t12-,13-,14+/m1/s1. The molecule has 0 aromatic rings. The zero-order valence-corrected chi connectivity index (χ0v) is 11.7. The summed E-state index contributed by atoms with van der Waals surface area (Å²) in [5.41, 5.74) is 0. The number of hydrogen-bond acceptors (Lipinski definition) is 5. The number of hydrogen-bond donors (Lipinski definition) is 2. The van der Waals surface area contributed by atoms with Crippen molar-refractivity contribution >= 4 is 0 Å². The first kappa shape index (κ1) is 18.3. The second-order valence-electron chi connectivity index (χ2n) is 4.19. The third-order valence-electron chi connectivity index (χ3n) is 2.79. The molecule has 0 aromatic carbocycles. The van der Waals surface area contributed by atoms with E-state index in [-0.39, 0.29) is 25.4 Å². The molecule has 0 amide bonds. The van der Waals surface area contributed by atoms with Crippen molar-refractivity contribution in [2.24, 2.45) is 5.92 Å². The van der Waals surface area contributed by atoms with Gasteiger partial charge in [0.25, 0.3) is 0 Å². The lowest BCUT2D eigenvalue weighted by atomic mass is 9.92. The molecule has 0 saturated carbocycles. The molecule has 112 valence electrons. The van der Waals surface area contributed by atoms with Crippen molar-refractivity contribution in [3.8, 4) is 0 Å². The third-order valence-corrected chi connectivity index (χ3v) is 2.79. The fourth-order valence-corrected chi connectivity index (χ4v) is 1.70. The van der Waals surface area contributed by atoms with Gasteiger partial charge in [-0.15, -0.1) is 13.2 Å². The Bertz CT molecular complexity index is 232. The number of aliphatic hydroxyl groups excluding tert-OH is 2. The summed E-state index contributed by atoms with van der Waals surface area (Å²) in [6.07, 6.45) is 3.24. The van der Waals surface area contributed by atoms with E-state index in [1.165, 1.54) is 0 Å². The fourth-order valence-electron chi connectivity index (χ4n) is 1.70. The average molecular weight is 274 g/mol. The predicted octanol–water partition coefficient (Wildman–Crippen LogP) is 1.11. The summed E-state index contributed by atoms with van der Waals surface area (Å²) in [7, 11) is 1.60. The summed E-state index contributed by atoms with van der Waals surface area (Å²) in [4.78, 5) is 0. The maximum Gasteiger partial charge on any atom is 0.147 e. The monoisotopic (exact) mass is 274 g/mol. The average Bonchev–Trinajstić information content (AvgIpc) is 2.39. The number of methoxy groups -OCH3 is 1. The molecule has 0 unspecified atom stereocenters. The summed E-state index contributed by atoms with van der Waals surface area (Å²) in [5.74, 6) is -0.387. The van der Waals surface area contributed by atoms with E-state index in [1.807, 2.05) is 0 Å². The molecule has 2 N–H and O–H groups in total. The molecule has 5 nitrogen and oxygen atoms in total. The highest BCUT2D eigenvalue weighted by Crippen LogP contribution is 2.19. The molecule has 0 aliphatic rings. The van der Waals surface area contributed by atoms with Crippen LogP contribution in [0.4, 0.5) is 0 Å². The molecule has 0 saturated heterocycles. The van der Waals surface area contributed by atoms with Gasteiger partial charge < -0.3 is 24.4 Å². The maximum atomic E-state index is 9.94. The summed E-state index contributed by atoms with van der Waals surface area (Å²) in [5, 5.41) is 19.3. The van der Waals surface area contributed by atoms with Crippen LogP contribution in [-0.2, 0) is 14.2 Å². The van der Waals surface area contributed by atoms with E-state index in [4.69, 9.17) is 14.2 Å². The third kappa shape index (κ3) is 8.13. The smallest absolute Gasteiger partial charge is 0.147 e. The highest BCUT2D eigenvalue weighted by Gasteiger charge is 2.27. The molecule has 0 aliphatic heterocycles. The van der Waals surface area contributed by atoms with Gasteiger partial charge in [0.05, 0.1) is 32.0 Å². The highest BCUT2D eigenvalue weighted by atomic mass is 16.7. The van der Waals surface area contributed by atoms with E-state index >= 15 is 0 Å². The van der Waals surface area contributed by atoms with Crippen LogP contribution in [0.1, 0.15) is 12.8 Å². The van der Waals surface area contributed by atoms with E-state index < -0.39 is 6.10 Å². The Kier molecular flexibility index (Phi) is 11.9. The molecule has 0 aliphatic carbocycles. The van der Waals surface area contributed by atoms with Crippen LogP contribution in [0.5, 0.6) is 0 Å². The van der Waals surface area contributed by atoms with Gasteiger partial charge >= 0.3 is 0 Å². The van der Waals surface area contributed by atoms with Gasteiger partial charge in [0, 0.05) is 13.0 Å². The molecular formula is C14H26O5. The summed E-state index contributed by atoms with van der Waals surface area (Å²) in [6, 6.07) is 0. The van der Waals surface area contributed by atoms with Crippen LogP contribution >= 0.6 is 0 Å².